The summed E-state index contributed by atoms with van der Waals surface area (Å²) in [6, 6.07) is 0. The molecule has 64 valence electrons. The van der Waals surface area contributed by atoms with Gasteiger partial charge in [-0.3, -0.25) is 0 Å². The quantitative estimate of drug-likeness (QED) is 0.293. The summed E-state index contributed by atoms with van der Waals surface area (Å²) >= 11 is 0. The van der Waals surface area contributed by atoms with Gasteiger partial charge in [-0.1, -0.05) is 0 Å². The number of nitrogens with one attached hydrogen (secondary N) is 2. The Morgan fingerprint density at radius 3 is 0.750 bits per heavy atom. The standard InChI is InChI=1S/2FHNO2S.2Li/c2*1-5(2,3)4;;/h2*(H-,2,3,4);;/q2*-1;2*+1. The minimum absolute atomic E-state index is 0. The van der Waals surface area contributed by atoms with Crippen LogP contribution in [0.25, 0.3) is 10.3 Å². The van der Waals surface area contributed by atoms with Crippen molar-refractivity contribution >= 4 is 20.8 Å². The molecule has 0 radical (unpaired) electrons. The summed E-state index contributed by atoms with van der Waals surface area (Å²) in [5.74, 6) is 0. The molecule has 0 aliphatic rings. The second-order valence-corrected chi connectivity index (χ2v) is 2.63. The summed E-state index contributed by atoms with van der Waals surface area (Å²) < 4.78 is 55.2. The Kier molecular flexibility index (Phi) is 16.3. The van der Waals surface area contributed by atoms with Crippen molar-refractivity contribution in [2.45, 2.75) is 0 Å². The van der Waals surface area contributed by atoms with Gasteiger partial charge in [0.1, 0.15) is 0 Å². The minimum atomic E-state index is -4.92. The van der Waals surface area contributed by atoms with Crippen LogP contribution in [0.5, 0.6) is 0 Å². The van der Waals surface area contributed by atoms with Gasteiger partial charge in [-0.05, 0) is 0 Å². The first-order valence-corrected chi connectivity index (χ1v) is 4.15. The first-order valence-electron chi connectivity index (χ1n) is 1.38. The van der Waals surface area contributed by atoms with E-state index in [2.05, 4.69) is 0 Å². The van der Waals surface area contributed by atoms with Crippen LogP contribution in [0.4, 0.5) is 7.77 Å². The van der Waals surface area contributed by atoms with Gasteiger partial charge in [0.15, 0.2) is 0 Å². The smallest absolute Gasteiger partial charge is 0.536 e. The largest absolute Gasteiger partial charge is 1.00 e. The van der Waals surface area contributed by atoms with Crippen molar-refractivity contribution in [2.75, 3.05) is 0 Å². The predicted octanol–water partition coefficient (Wildman–Crippen LogP) is -5.49. The zero-order valence-corrected chi connectivity index (χ0v) is 7.84. The van der Waals surface area contributed by atoms with Gasteiger partial charge in [0.25, 0.3) is 0 Å². The molecule has 12 heavy (non-hydrogen) atoms. The molecule has 0 amide bonds. The van der Waals surface area contributed by atoms with Crippen molar-refractivity contribution in [3.63, 3.8) is 0 Å². The maximum Gasteiger partial charge on any atom is 1.00 e. The monoisotopic (exact) mass is 210 g/mol. The van der Waals surface area contributed by atoms with Gasteiger partial charge >= 0.3 is 37.7 Å². The van der Waals surface area contributed by atoms with E-state index in [1.165, 1.54) is 0 Å². The third kappa shape index (κ3) is 1390. The van der Waals surface area contributed by atoms with Gasteiger partial charge in [-0.15, -0.1) is 7.77 Å². The Labute approximate surface area is 93.1 Å². The molecule has 12 heteroatoms. The summed E-state index contributed by atoms with van der Waals surface area (Å²) in [6.07, 6.45) is 0. The fourth-order valence-corrected chi connectivity index (χ4v) is 0. The van der Waals surface area contributed by atoms with Crippen molar-refractivity contribution in [1.29, 1.82) is 0 Å². The minimum Gasteiger partial charge on any atom is -0.536 e. The fraction of sp³-hybridized carbons (Fsp3) is 0. The molecule has 0 unspecified atom stereocenters. The van der Waals surface area contributed by atoms with E-state index < -0.39 is 20.8 Å². The van der Waals surface area contributed by atoms with E-state index in [0.29, 0.717) is 0 Å². The molecule has 0 saturated carbocycles. The average molecular weight is 210 g/mol. The number of hydrogen-bond donors (Lipinski definition) is 0. The van der Waals surface area contributed by atoms with Crippen LogP contribution in [0.3, 0.4) is 0 Å². The molecule has 0 heterocycles. The van der Waals surface area contributed by atoms with Crippen LogP contribution < -0.4 is 37.7 Å². The fourth-order valence-electron chi connectivity index (χ4n) is 0. The molecule has 0 aromatic heterocycles. The Balaban J connectivity index is -0.0000000457. The van der Waals surface area contributed by atoms with Crippen LogP contribution in [0.15, 0.2) is 0 Å². The number of rotatable bonds is 0. The summed E-state index contributed by atoms with van der Waals surface area (Å²) in [6.45, 7) is 0. The third-order valence-electron chi connectivity index (χ3n) is 0. The van der Waals surface area contributed by atoms with Gasteiger partial charge in [0.05, 0.1) is 0 Å². The van der Waals surface area contributed by atoms with Crippen molar-refractivity contribution in [2.24, 2.45) is 0 Å². The Hall–Kier alpha value is 0.875. The van der Waals surface area contributed by atoms with Crippen LogP contribution in [0, 0.1) is 0 Å². The zero-order chi connectivity index (χ0) is 9.00. The topological polar surface area (TPSA) is 116 Å². The van der Waals surface area contributed by atoms with Crippen molar-refractivity contribution < 1.29 is 62.3 Å². The van der Waals surface area contributed by atoms with E-state index in [1.807, 2.05) is 0 Å². The zero-order valence-electron chi connectivity index (χ0n) is 6.21. The summed E-state index contributed by atoms with van der Waals surface area (Å²) in [5, 5.41) is 10.5. The first-order chi connectivity index (χ1) is 4.00. The molecule has 0 spiro atoms. The molecule has 0 aromatic carbocycles. The summed E-state index contributed by atoms with van der Waals surface area (Å²) in [7, 11) is -9.83. The second kappa shape index (κ2) is 8.47. The van der Waals surface area contributed by atoms with Crippen LogP contribution >= 0.6 is 0 Å². The van der Waals surface area contributed by atoms with E-state index in [1.54, 1.807) is 0 Å². The second-order valence-electron chi connectivity index (χ2n) is 0.876. The Morgan fingerprint density at radius 2 is 0.750 bits per heavy atom. The maximum atomic E-state index is 10.3. The summed E-state index contributed by atoms with van der Waals surface area (Å²) in [5.41, 5.74) is 0. The maximum absolute atomic E-state index is 10.3. The normalized spacial score (nSPS) is 9.67. The molecule has 2 N–H and O–H groups in total. The van der Waals surface area contributed by atoms with Gasteiger partial charge < -0.3 is 10.3 Å². The van der Waals surface area contributed by atoms with Crippen LogP contribution in [0.2, 0.25) is 0 Å². The summed E-state index contributed by atoms with van der Waals surface area (Å²) in [4.78, 5) is 0. The Morgan fingerprint density at radius 1 is 0.750 bits per heavy atom. The SMILES string of the molecule is [Li+].[Li+].[NH-]S(=O)(=O)F.[NH-]S(=O)(=O)F. The van der Waals surface area contributed by atoms with E-state index >= 15 is 0 Å². The molecule has 0 aliphatic carbocycles. The molecule has 0 rings (SSSR count). The molecule has 0 atom stereocenters. The Bertz CT molecular complexity index is 223. The van der Waals surface area contributed by atoms with E-state index in [-0.39, 0.29) is 37.7 Å². The van der Waals surface area contributed by atoms with E-state index in [9.17, 15) is 7.77 Å². The predicted molar refractivity (Wildman–Crippen MR) is 28.7 cm³/mol. The molecule has 0 saturated heterocycles. The van der Waals surface area contributed by atoms with Gasteiger partial charge in [-0.25, -0.2) is 16.8 Å². The molecule has 0 aromatic rings. The first kappa shape index (κ1) is 23.1. The van der Waals surface area contributed by atoms with Gasteiger partial charge in [-0.2, -0.15) is 0 Å². The van der Waals surface area contributed by atoms with Crippen LogP contribution in [-0.4, -0.2) is 16.8 Å². The molecular formula is H2F2Li2N2O4S2. The molecule has 0 fully saturated rings. The van der Waals surface area contributed by atoms with Crippen molar-refractivity contribution in [1.82, 2.24) is 0 Å². The molecule has 6 nitrogen and oxygen atoms in total. The number of halogens is 2. The molecular weight excluding hydrogens is 208 g/mol. The van der Waals surface area contributed by atoms with Crippen molar-refractivity contribution in [3.05, 3.63) is 10.3 Å². The average Bonchev–Trinajstić information content (AvgIpc) is 1.12. The van der Waals surface area contributed by atoms with Crippen molar-refractivity contribution in [3.8, 4) is 0 Å². The van der Waals surface area contributed by atoms with E-state index in [4.69, 9.17) is 27.1 Å². The molecule has 0 bridgehead atoms. The van der Waals surface area contributed by atoms with Crippen LogP contribution in [0.1, 0.15) is 0 Å². The number of hydrogen-bond acceptors (Lipinski definition) is 4. The van der Waals surface area contributed by atoms with E-state index in [0.717, 1.165) is 0 Å². The third-order valence-corrected chi connectivity index (χ3v) is 0. The molecule has 0 aliphatic heterocycles. The van der Waals surface area contributed by atoms with Gasteiger partial charge in [0, 0.05) is 0 Å². The van der Waals surface area contributed by atoms with Gasteiger partial charge in [0.2, 0.25) is 20.8 Å². The van der Waals surface area contributed by atoms with Crippen LogP contribution in [-0.2, 0) is 20.8 Å².